The molecule has 0 radical (unpaired) electrons. The van der Waals surface area contributed by atoms with Crippen molar-refractivity contribution in [1.29, 1.82) is 0 Å². The third kappa shape index (κ3) is 5.02. The van der Waals surface area contributed by atoms with E-state index in [4.69, 9.17) is 9.72 Å². The highest BCUT2D eigenvalue weighted by Gasteiger charge is 2.16. The summed E-state index contributed by atoms with van der Waals surface area (Å²) in [7, 11) is 0. The van der Waals surface area contributed by atoms with E-state index in [0.29, 0.717) is 0 Å². The van der Waals surface area contributed by atoms with Gasteiger partial charge >= 0.3 is 0 Å². The van der Waals surface area contributed by atoms with E-state index in [0.717, 1.165) is 43.1 Å². The number of para-hydroxylation sites is 1. The number of ether oxygens (including phenoxy) is 1. The van der Waals surface area contributed by atoms with Crippen LogP contribution in [0.2, 0.25) is 0 Å². The number of benzene rings is 2. The van der Waals surface area contributed by atoms with E-state index in [1.54, 1.807) is 0 Å². The van der Waals surface area contributed by atoms with Gasteiger partial charge in [0, 0.05) is 29.7 Å². The molecule has 2 heterocycles. The smallest absolute Gasteiger partial charge is 0.0730 e. The van der Waals surface area contributed by atoms with Crippen molar-refractivity contribution < 1.29 is 15.7 Å². The van der Waals surface area contributed by atoms with E-state index < -0.39 is 0 Å². The normalized spacial score (nSPS) is 12.8. The van der Waals surface area contributed by atoms with Gasteiger partial charge in [0.2, 0.25) is 0 Å². The number of nitrogens with zero attached hydrogens (tertiary/aromatic N) is 2. The van der Waals surface area contributed by atoms with Gasteiger partial charge < -0.3 is 20.6 Å². The molecule has 4 rings (SSSR count). The lowest BCUT2D eigenvalue weighted by molar-refractivity contribution is 0.123. The van der Waals surface area contributed by atoms with Crippen molar-refractivity contribution in [3.63, 3.8) is 0 Å². The first kappa shape index (κ1) is 24.5. The number of halogens is 2. The van der Waals surface area contributed by atoms with Crippen LogP contribution in [0.4, 0.5) is 5.69 Å². The Hall–Kier alpha value is -1.51. The standard InChI is InChI=1S/C19H18N2O.2BrH.2H2O/c1-2-6-15(7-3-1)18-14-19(21-10-12-22-13-11-21)16-8-4-5-9-17(16)20-18;;;;/h1-9,14H,10-13H2;2*1H;2*1H2. The van der Waals surface area contributed by atoms with Gasteiger partial charge in [-0.2, -0.15) is 0 Å². The summed E-state index contributed by atoms with van der Waals surface area (Å²) in [5.74, 6) is 0. The summed E-state index contributed by atoms with van der Waals surface area (Å²) < 4.78 is 5.49. The second-order valence-corrected chi connectivity index (χ2v) is 5.51. The number of pyridine rings is 1. The molecule has 1 aliphatic rings. The van der Waals surface area contributed by atoms with Gasteiger partial charge in [-0.3, -0.25) is 0 Å². The summed E-state index contributed by atoms with van der Waals surface area (Å²) in [6, 6.07) is 21.0. The predicted octanol–water partition coefficient (Wildman–Crippen LogP) is 3.24. The van der Waals surface area contributed by atoms with Gasteiger partial charge in [0.25, 0.3) is 0 Å². The molecule has 26 heavy (non-hydrogen) atoms. The highest BCUT2D eigenvalue weighted by Crippen LogP contribution is 2.31. The summed E-state index contributed by atoms with van der Waals surface area (Å²) >= 11 is 0. The Bertz CT molecular complexity index is 797. The second kappa shape index (κ2) is 11.3. The van der Waals surface area contributed by atoms with Crippen LogP contribution in [0, 0.1) is 0 Å². The van der Waals surface area contributed by atoms with E-state index in [-0.39, 0.29) is 44.9 Å². The zero-order chi connectivity index (χ0) is 14.8. The fraction of sp³-hybridized carbons (Fsp3) is 0.211. The maximum atomic E-state index is 5.49. The molecule has 0 amide bonds. The first-order chi connectivity index (χ1) is 10.9. The fourth-order valence-electron chi connectivity index (χ4n) is 2.98. The number of rotatable bonds is 2. The number of aromatic nitrogens is 1. The van der Waals surface area contributed by atoms with E-state index in [1.165, 1.54) is 11.1 Å². The molecule has 142 valence electrons. The largest absolute Gasteiger partial charge is 0.412 e. The lowest BCUT2D eigenvalue weighted by atomic mass is 10.1. The van der Waals surface area contributed by atoms with Crippen LogP contribution in [0.3, 0.4) is 0 Å². The number of hydrogen-bond donors (Lipinski definition) is 0. The van der Waals surface area contributed by atoms with Crippen molar-refractivity contribution in [2.45, 2.75) is 0 Å². The van der Waals surface area contributed by atoms with Crippen molar-refractivity contribution in [2.24, 2.45) is 0 Å². The Balaban J connectivity index is 0.00000156. The first-order valence-electron chi connectivity index (χ1n) is 7.70. The Morgan fingerprint density at radius 3 is 2.12 bits per heavy atom. The van der Waals surface area contributed by atoms with E-state index in [9.17, 15) is 0 Å². The summed E-state index contributed by atoms with van der Waals surface area (Å²) in [4.78, 5) is 7.25. The minimum atomic E-state index is 0. The Labute approximate surface area is 174 Å². The van der Waals surface area contributed by atoms with Crippen LogP contribution >= 0.6 is 34.0 Å². The van der Waals surface area contributed by atoms with Gasteiger partial charge in [-0.1, -0.05) is 48.5 Å². The topological polar surface area (TPSA) is 88.4 Å². The second-order valence-electron chi connectivity index (χ2n) is 5.51. The van der Waals surface area contributed by atoms with Gasteiger partial charge in [0.05, 0.1) is 24.4 Å². The minimum Gasteiger partial charge on any atom is -0.412 e. The maximum Gasteiger partial charge on any atom is 0.0730 e. The maximum absolute atomic E-state index is 5.49. The molecule has 0 bridgehead atoms. The van der Waals surface area contributed by atoms with Crippen LogP contribution in [0.1, 0.15) is 0 Å². The minimum absolute atomic E-state index is 0. The molecule has 1 aliphatic heterocycles. The van der Waals surface area contributed by atoms with Gasteiger partial charge in [-0.25, -0.2) is 4.98 Å². The molecule has 3 aromatic rings. The fourth-order valence-corrected chi connectivity index (χ4v) is 2.98. The van der Waals surface area contributed by atoms with Crippen LogP contribution < -0.4 is 4.90 Å². The lowest BCUT2D eigenvalue weighted by Gasteiger charge is -2.30. The van der Waals surface area contributed by atoms with Crippen molar-refractivity contribution in [1.82, 2.24) is 4.98 Å². The van der Waals surface area contributed by atoms with Gasteiger partial charge in [-0.05, 0) is 12.1 Å². The number of hydrogen-bond acceptors (Lipinski definition) is 3. The van der Waals surface area contributed by atoms with Crippen LogP contribution in [0.5, 0.6) is 0 Å². The number of anilines is 1. The molecule has 7 heteroatoms. The molecule has 0 spiro atoms. The summed E-state index contributed by atoms with van der Waals surface area (Å²) in [5.41, 5.74) is 4.49. The van der Waals surface area contributed by atoms with Crippen molar-refractivity contribution in [3.05, 3.63) is 60.7 Å². The molecule has 0 unspecified atom stereocenters. The molecule has 0 aliphatic carbocycles. The summed E-state index contributed by atoms with van der Waals surface area (Å²) in [6.45, 7) is 3.44. The molecule has 0 saturated carbocycles. The average molecular weight is 488 g/mol. The summed E-state index contributed by atoms with van der Waals surface area (Å²) in [6.07, 6.45) is 0. The monoisotopic (exact) mass is 486 g/mol. The highest BCUT2D eigenvalue weighted by atomic mass is 79.9. The Morgan fingerprint density at radius 1 is 0.808 bits per heavy atom. The molecular formula is C19H24Br2N2O3. The van der Waals surface area contributed by atoms with Gasteiger partial charge in [0.1, 0.15) is 0 Å². The SMILES string of the molecule is Br.Br.O.O.c1ccc(-c2cc(N3CCOCC3)c3ccccc3n2)cc1. The van der Waals surface area contributed by atoms with Gasteiger partial charge in [0.15, 0.2) is 0 Å². The molecule has 1 saturated heterocycles. The third-order valence-corrected chi connectivity index (χ3v) is 4.12. The van der Waals surface area contributed by atoms with Crippen molar-refractivity contribution in [3.8, 4) is 11.3 Å². The average Bonchev–Trinajstić information content (AvgIpc) is 2.62. The molecule has 1 aromatic heterocycles. The molecule has 5 nitrogen and oxygen atoms in total. The number of fused-ring (bicyclic) bond motifs is 1. The highest BCUT2D eigenvalue weighted by molar-refractivity contribution is 8.93. The molecule has 4 N–H and O–H groups in total. The van der Waals surface area contributed by atoms with Gasteiger partial charge in [-0.15, -0.1) is 34.0 Å². The van der Waals surface area contributed by atoms with Crippen molar-refractivity contribution in [2.75, 3.05) is 31.2 Å². The van der Waals surface area contributed by atoms with E-state index in [1.807, 2.05) is 12.1 Å². The van der Waals surface area contributed by atoms with Crippen molar-refractivity contribution >= 4 is 50.6 Å². The van der Waals surface area contributed by atoms with Crippen LogP contribution in [-0.4, -0.2) is 42.2 Å². The zero-order valence-corrected chi connectivity index (χ0v) is 17.6. The lowest BCUT2D eigenvalue weighted by Crippen LogP contribution is -2.36. The van der Waals surface area contributed by atoms with Crippen LogP contribution in [0.25, 0.3) is 22.2 Å². The molecule has 2 aromatic carbocycles. The quantitative estimate of drug-likeness (QED) is 0.555. The van der Waals surface area contributed by atoms with E-state index >= 15 is 0 Å². The summed E-state index contributed by atoms with van der Waals surface area (Å²) in [5, 5.41) is 1.21. The van der Waals surface area contributed by atoms with Crippen LogP contribution in [0.15, 0.2) is 60.7 Å². The number of morpholine rings is 1. The van der Waals surface area contributed by atoms with E-state index in [2.05, 4.69) is 53.4 Å². The predicted molar refractivity (Wildman–Crippen MR) is 118 cm³/mol. The third-order valence-electron chi connectivity index (χ3n) is 4.12. The Morgan fingerprint density at radius 2 is 1.42 bits per heavy atom. The zero-order valence-electron chi connectivity index (χ0n) is 14.2. The van der Waals surface area contributed by atoms with Crippen LogP contribution in [-0.2, 0) is 4.74 Å². The Kier molecular flexibility index (Phi) is 10.6. The molecule has 1 fully saturated rings. The molecular weight excluding hydrogens is 464 g/mol. The molecule has 0 atom stereocenters. The first-order valence-corrected chi connectivity index (χ1v) is 7.70.